The van der Waals surface area contributed by atoms with Gasteiger partial charge in [0.15, 0.2) is 11.4 Å². The Morgan fingerprint density at radius 3 is 2.37 bits per heavy atom. The Kier molecular flexibility index (Phi) is 5.86. The Hall–Kier alpha value is -3.69. The number of hydrogen-bond donors (Lipinski definition) is 0. The number of thiazole rings is 1. The van der Waals surface area contributed by atoms with Crippen molar-refractivity contribution in [1.82, 2.24) is 4.98 Å². The maximum atomic E-state index is 13.1. The van der Waals surface area contributed by atoms with Gasteiger partial charge in [0.1, 0.15) is 5.69 Å². The predicted molar refractivity (Wildman–Crippen MR) is 105 cm³/mol. The lowest BCUT2D eigenvalue weighted by molar-refractivity contribution is -0.137. The zero-order valence-corrected chi connectivity index (χ0v) is 16.4. The van der Waals surface area contributed by atoms with Crippen molar-refractivity contribution in [2.24, 2.45) is 0 Å². The summed E-state index contributed by atoms with van der Waals surface area (Å²) in [5.74, 6) is 0. The summed E-state index contributed by atoms with van der Waals surface area (Å²) in [5, 5.41) is 18.6. The molecule has 5 nitrogen and oxygen atoms in total. The number of anilines is 2. The first-order chi connectivity index (χ1) is 14.3. The van der Waals surface area contributed by atoms with Crippen LogP contribution >= 0.6 is 11.3 Å². The average molecular weight is 426 g/mol. The lowest BCUT2D eigenvalue weighted by atomic mass is 10.0. The number of aryl methyl sites for hydroxylation is 1. The number of benzene rings is 2. The fraction of sp³-hybridized carbons (Fsp3) is 0.143. The van der Waals surface area contributed by atoms with Crippen LogP contribution in [0, 0.1) is 29.6 Å². The van der Waals surface area contributed by atoms with Gasteiger partial charge in [-0.3, -0.25) is 4.79 Å². The topological polar surface area (TPSA) is 80.8 Å². The molecule has 0 aliphatic rings. The number of hydrogen-bond acceptors (Lipinski definition) is 6. The molecule has 0 radical (unpaired) electrons. The number of alkyl halides is 3. The third kappa shape index (κ3) is 4.32. The molecule has 2 aromatic carbocycles. The molecule has 0 saturated carbocycles. The van der Waals surface area contributed by atoms with Gasteiger partial charge < -0.3 is 4.90 Å². The van der Waals surface area contributed by atoms with Gasteiger partial charge in [0.05, 0.1) is 35.4 Å². The highest BCUT2D eigenvalue weighted by molar-refractivity contribution is 7.15. The normalized spacial score (nSPS) is 10.9. The highest BCUT2D eigenvalue weighted by Gasteiger charge is 2.33. The second-order valence-corrected chi connectivity index (χ2v) is 7.47. The van der Waals surface area contributed by atoms with Crippen LogP contribution in [0.1, 0.15) is 37.6 Å². The van der Waals surface area contributed by atoms with Crippen molar-refractivity contribution in [3.05, 3.63) is 75.3 Å². The minimum absolute atomic E-state index is 0.115. The summed E-state index contributed by atoms with van der Waals surface area (Å²) in [7, 11) is 0. The molecule has 1 heterocycles. The van der Waals surface area contributed by atoms with Crippen molar-refractivity contribution in [3.63, 3.8) is 0 Å². The quantitative estimate of drug-likeness (QED) is 0.513. The molecule has 0 amide bonds. The molecule has 0 aliphatic heterocycles. The second kappa shape index (κ2) is 8.36. The van der Waals surface area contributed by atoms with E-state index in [9.17, 15) is 18.0 Å². The Morgan fingerprint density at radius 1 is 1.13 bits per heavy atom. The number of rotatable bonds is 5. The highest BCUT2D eigenvalue weighted by Crippen LogP contribution is 2.35. The van der Waals surface area contributed by atoms with Gasteiger partial charge in [-0.15, -0.1) is 11.3 Å². The van der Waals surface area contributed by atoms with Gasteiger partial charge in [0.25, 0.3) is 0 Å². The van der Waals surface area contributed by atoms with E-state index in [-0.39, 0.29) is 12.2 Å². The van der Waals surface area contributed by atoms with Crippen LogP contribution in [0.15, 0.2) is 42.5 Å². The lowest BCUT2D eigenvalue weighted by Crippen LogP contribution is -2.17. The van der Waals surface area contributed by atoms with Gasteiger partial charge in [-0.2, -0.15) is 23.7 Å². The molecule has 0 unspecified atom stereocenters. The first kappa shape index (κ1) is 21.0. The molecule has 0 saturated heterocycles. The van der Waals surface area contributed by atoms with Crippen LogP contribution in [0.5, 0.6) is 0 Å². The lowest BCUT2D eigenvalue weighted by Gasteiger charge is -2.23. The van der Waals surface area contributed by atoms with Crippen LogP contribution in [-0.2, 0) is 12.7 Å². The molecule has 9 heteroatoms. The molecule has 0 atom stereocenters. The van der Waals surface area contributed by atoms with E-state index in [2.05, 4.69) is 4.98 Å². The van der Waals surface area contributed by atoms with Crippen molar-refractivity contribution in [2.45, 2.75) is 19.6 Å². The zero-order chi connectivity index (χ0) is 21.9. The van der Waals surface area contributed by atoms with E-state index in [4.69, 9.17) is 10.5 Å². The smallest absolute Gasteiger partial charge is 0.313 e. The summed E-state index contributed by atoms with van der Waals surface area (Å²) in [6, 6.07) is 13.6. The van der Waals surface area contributed by atoms with Crippen LogP contribution in [0.3, 0.4) is 0 Å². The van der Waals surface area contributed by atoms with Gasteiger partial charge in [0.2, 0.25) is 0 Å². The second-order valence-electron chi connectivity index (χ2n) is 6.29. The summed E-state index contributed by atoms with van der Waals surface area (Å²) >= 11 is 1.26. The number of nitriles is 2. The van der Waals surface area contributed by atoms with Crippen molar-refractivity contribution >= 4 is 28.4 Å². The van der Waals surface area contributed by atoms with E-state index in [0.717, 1.165) is 6.07 Å². The Labute approximate surface area is 174 Å². The molecule has 1 aromatic heterocycles. The fourth-order valence-electron chi connectivity index (χ4n) is 2.82. The third-order valence-corrected chi connectivity index (χ3v) is 5.33. The van der Waals surface area contributed by atoms with E-state index in [0.29, 0.717) is 33.1 Å². The summed E-state index contributed by atoms with van der Waals surface area (Å²) in [6.45, 7) is 1.86. The first-order valence-corrected chi connectivity index (χ1v) is 9.39. The molecule has 0 spiro atoms. The number of carbonyl (C=O) groups is 1. The Balaban J connectivity index is 2.05. The number of aldehydes is 1. The molecule has 3 aromatic rings. The number of aromatic nitrogens is 1. The van der Waals surface area contributed by atoms with Gasteiger partial charge in [-0.1, -0.05) is 6.07 Å². The van der Waals surface area contributed by atoms with E-state index in [1.165, 1.54) is 23.5 Å². The number of nitrogens with zero attached hydrogens (tertiary/aromatic N) is 4. The molecule has 3 rings (SSSR count). The van der Waals surface area contributed by atoms with E-state index in [1.54, 1.807) is 42.2 Å². The van der Waals surface area contributed by atoms with E-state index in [1.807, 2.05) is 6.07 Å². The third-order valence-electron chi connectivity index (χ3n) is 4.32. The van der Waals surface area contributed by atoms with Gasteiger partial charge >= 0.3 is 6.18 Å². The van der Waals surface area contributed by atoms with Crippen molar-refractivity contribution < 1.29 is 18.0 Å². The minimum Gasteiger partial charge on any atom is -0.313 e. The monoisotopic (exact) mass is 426 g/mol. The summed E-state index contributed by atoms with van der Waals surface area (Å²) in [4.78, 5) is 17.9. The molecule has 0 aliphatic carbocycles. The molecule has 0 bridgehead atoms. The largest absolute Gasteiger partial charge is 0.417 e. The maximum absolute atomic E-state index is 13.1. The summed E-state index contributed by atoms with van der Waals surface area (Å²) in [6.07, 6.45) is -3.99. The zero-order valence-electron chi connectivity index (χ0n) is 15.6. The van der Waals surface area contributed by atoms with Crippen LogP contribution in [0.2, 0.25) is 0 Å². The van der Waals surface area contributed by atoms with Crippen molar-refractivity contribution in [1.29, 1.82) is 10.5 Å². The van der Waals surface area contributed by atoms with Gasteiger partial charge in [-0.05, 0) is 48.9 Å². The van der Waals surface area contributed by atoms with Crippen molar-refractivity contribution in [3.8, 4) is 12.1 Å². The Morgan fingerprint density at radius 2 is 1.83 bits per heavy atom. The molecule has 30 heavy (non-hydrogen) atoms. The van der Waals surface area contributed by atoms with Crippen molar-refractivity contribution in [2.75, 3.05) is 4.90 Å². The molecule has 0 fully saturated rings. The van der Waals surface area contributed by atoms with E-state index < -0.39 is 17.3 Å². The molecule has 0 N–H and O–H groups in total. The standard InChI is InChI=1S/C21H13F3N4OS/c1-13-19(12-29)27-20(30-13)28(17-5-2-14(9-25)3-6-17)11-15-4-7-18(21(22,23)24)16(8-15)10-26/h2-8,12H,11H2,1H3. The first-order valence-electron chi connectivity index (χ1n) is 8.57. The number of carbonyl (C=O) groups excluding carboxylic acids is 1. The highest BCUT2D eigenvalue weighted by atomic mass is 32.1. The predicted octanol–water partition coefficient (Wildman–Crippen LogP) is 5.36. The van der Waals surface area contributed by atoms with Crippen LogP contribution < -0.4 is 4.90 Å². The van der Waals surface area contributed by atoms with Crippen LogP contribution in [0.25, 0.3) is 0 Å². The van der Waals surface area contributed by atoms with Gasteiger partial charge in [-0.25, -0.2) is 4.98 Å². The maximum Gasteiger partial charge on any atom is 0.417 e. The number of halogens is 3. The van der Waals surface area contributed by atoms with Crippen LogP contribution in [-0.4, -0.2) is 11.3 Å². The summed E-state index contributed by atoms with van der Waals surface area (Å²) < 4.78 is 39.3. The molecule has 150 valence electrons. The average Bonchev–Trinajstić information content (AvgIpc) is 3.11. The Bertz CT molecular complexity index is 1170. The summed E-state index contributed by atoms with van der Waals surface area (Å²) in [5.41, 5.74) is 0.362. The van der Waals surface area contributed by atoms with Gasteiger partial charge in [0, 0.05) is 10.6 Å². The molecular weight excluding hydrogens is 413 g/mol. The fourth-order valence-corrected chi connectivity index (χ4v) is 3.71. The minimum atomic E-state index is -4.62. The SMILES string of the molecule is Cc1sc(N(Cc2ccc(C(F)(F)F)c(C#N)c2)c2ccc(C#N)cc2)nc1C=O. The van der Waals surface area contributed by atoms with Crippen LogP contribution in [0.4, 0.5) is 24.0 Å². The van der Waals surface area contributed by atoms with E-state index >= 15 is 0 Å². The molecular formula is C21H13F3N4OS.